The quantitative estimate of drug-likeness (QED) is 0.238. The summed E-state index contributed by atoms with van der Waals surface area (Å²) < 4.78 is -0.286. The molecule has 0 aliphatic rings. The Morgan fingerprint density at radius 2 is 1.20 bits per heavy atom. The SMILES string of the molecule is O=C(CS)NCCNCCSC(c1ccccc1)(c1ccccc1)c1ccccc1. The maximum absolute atomic E-state index is 11.3. The van der Waals surface area contributed by atoms with Gasteiger partial charge in [0.15, 0.2) is 0 Å². The van der Waals surface area contributed by atoms with Crippen LogP contribution < -0.4 is 10.6 Å². The van der Waals surface area contributed by atoms with Gasteiger partial charge in [0, 0.05) is 25.4 Å². The number of carbonyl (C=O) groups is 1. The van der Waals surface area contributed by atoms with E-state index >= 15 is 0 Å². The molecule has 0 aliphatic heterocycles. The Kier molecular flexibility index (Phi) is 8.87. The van der Waals surface area contributed by atoms with Crippen LogP contribution in [0.4, 0.5) is 0 Å². The zero-order valence-electron chi connectivity index (χ0n) is 17.0. The molecule has 0 fully saturated rings. The van der Waals surface area contributed by atoms with Crippen LogP contribution in [0.3, 0.4) is 0 Å². The summed E-state index contributed by atoms with van der Waals surface area (Å²) in [5, 5.41) is 6.26. The van der Waals surface area contributed by atoms with Gasteiger partial charge in [-0.2, -0.15) is 12.6 Å². The monoisotopic (exact) mass is 436 g/mol. The Labute approximate surface area is 189 Å². The Morgan fingerprint density at radius 1 is 0.733 bits per heavy atom. The number of thiol groups is 1. The summed E-state index contributed by atoms with van der Waals surface area (Å²) >= 11 is 5.91. The van der Waals surface area contributed by atoms with Crippen molar-refractivity contribution >= 4 is 30.3 Å². The van der Waals surface area contributed by atoms with E-state index in [1.54, 1.807) is 0 Å². The third-order valence-electron chi connectivity index (χ3n) is 4.91. The lowest BCUT2D eigenvalue weighted by atomic mass is 9.84. The molecule has 0 atom stereocenters. The standard InChI is InChI=1S/C25H28N2OS2/c28-24(20-29)27-17-16-26-18-19-30-25(21-10-4-1-5-11-21,22-12-6-2-7-13-22)23-14-8-3-9-15-23/h1-15,26,29H,16-20H2,(H,27,28). The highest BCUT2D eigenvalue weighted by Crippen LogP contribution is 2.48. The highest BCUT2D eigenvalue weighted by Gasteiger charge is 2.36. The van der Waals surface area contributed by atoms with E-state index in [1.807, 2.05) is 11.8 Å². The van der Waals surface area contributed by atoms with Gasteiger partial charge in [-0.3, -0.25) is 4.79 Å². The van der Waals surface area contributed by atoms with Crippen molar-refractivity contribution in [3.8, 4) is 0 Å². The molecule has 5 heteroatoms. The van der Waals surface area contributed by atoms with Crippen molar-refractivity contribution in [1.82, 2.24) is 10.6 Å². The minimum atomic E-state index is -0.286. The van der Waals surface area contributed by atoms with Crippen molar-refractivity contribution < 1.29 is 4.79 Å². The fourth-order valence-corrected chi connectivity index (χ4v) is 5.09. The predicted octanol–water partition coefficient (Wildman–Crippen LogP) is 4.35. The zero-order valence-corrected chi connectivity index (χ0v) is 18.7. The van der Waals surface area contributed by atoms with Gasteiger partial charge in [-0.05, 0) is 16.7 Å². The molecule has 3 aromatic rings. The summed E-state index contributed by atoms with van der Waals surface area (Å²) in [5.41, 5.74) is 3.82. The van der Waals surface area contributed by atoms with Crippen LogP contribution in [0.5, 0.6) is 0 Å². The van der Waals surface area contributed by atoms with Crippen molar-refractivity contribution in [2.24, 2.45) is 0 Å². The molecule has 3 rings (SSSR count). The maximum Gasteiger partial charge on any atom is 0.229 e. The molecule has 0 radical (unpaired) electrons. The average molecular weight is 437 g/mol. The molecule has 0 saturated heterocycles. The van der Waals surface area contributed by atoms with E-state index in [4.69, 9.17) is 0 Å². The molecular formula is C25H28N2OS2. The highest BCUT2D eigenvalue weighted by atomic mass is 32.2. The number of rotatable bonds is 11. The average Bonchev–Trinajstić information content (AvgIpc) is 2.82. The zero-order chi connectivity index (χ0) is 21.1. The van der Waals surface area contributed by atoms with Crippen LogP contribution in [0.25, 0.3) is 0 Å². The van der Waals surface area contributed by atoms with Gasteiger partial charge in [-0.25, -0.2) is 0 Å². The van der Waals surface area contributed by atoms with Crippen LogP contribution in [-0.2, 0) is 9.54 Å². The van der Waals surface area contributed by atoms with Gasteiger partial charge in [0.1, 0.15) is 0 Å². The molecule has 0 aromatic heterocycles. The van der Waals surface area contributed by atoms with Crippen molar-refractivity contribution in [1.29, 1.82) is 0 Å². The van der Waals surface area contributed by atoms with Crippen LogP contribution in [0.1, 0.15) is 16.7 Å². The topological polar surface area (TPSA) is 41.1 Å². The number of benzene rings is 3. The highest BCUT2D eigenvalue weighted by molar-refractivity contribution is 8.00. The van der Waals surface area contributed by atoms with Gasteiger partial charge < -0.3 is 10.6 Å². The fraction of sp³-hybridized carbons (Fsp3) is 0.240. The summed E-state index contributed by atoms with van der Waals surface area (Å²) in [6.45, 7) is 2.22. The van der Waals surface area contributed by atoms with Gasteiger partial charge in [-0.1, -0.05) is 91.0 Å². The molecule has 0 unspecified atom stereocenters. The Balaban J connectivity index is 1.80. The molecule has 30 heavy (non-hydrogen) atoms. The summed E-state index contributed by atoms with van der Waals surface area (Å²) in [7, 11) is 0. The van der Waals surface area contributed by atoms with E-state index in [-0.39, 0.29) is 16.4 Å². The Hall–Kier alpha value is -2.21. The Bertz CT molecular complexity index is 792. The first-order valence-electron chi connectivity index (χ1n) is 10.2. The number of carbonyl (C=O) groups excluding carboxylic acids is 1. The van der Waals surface area contributed by atoms with Gasteiger partial charge in [-0.15, -0.1) is 11.8 Å². The second-order valence-corrected chi connectivity index (χ2v) is 8.51. The van der Waals surface area contributed by atoms with Crippen LogP contribution in [0.15, 0.2) is 91.0 Å². The molecule has 156 valence electrons. The molecule has 0 heterocycles. The van der Waals surface area contributed by atoms with Crippen LogP contribution in [0.2, 0.25) is 0 Å². The first-order chi connectivity index (χ1) is 14.8. The van der Waals surface area contributed by atoms with Gasteiger partial charge in [0.25, 0.3) is 0 Å². The van der Waals surface area contributed by atoms with E-state index in [2.05, 4.69) is 114 Å². The number of amides is 1. The Morgan fingerprint density at radius 3 is 1.63 bits per heavy atom. The maximum atomic E-state index is 11.3. The van der Waals surface area contributed by atoms with Crippen molar-refractivity contribution in [3.63, 3.8) is 0 Å². The van der Waals surface area contributed by atoms with Crippen molar-refractivity contribution in [2.75, 3.05) is 31.1 Å². The molecule has 0 bridgehead atoms. The molecule has 1 amide bonds. The van der Waals surface area contributed by atoms with Crippen molar-refractivity contribution in [2.45, 2.75) is 4.75 Å². The molecule has 3 aromatic carbocycles. The van der Waals surface area contributed by atoms with Crippen LogP contribution >= 0.6 is 24.4 Å². The molecule has 2 N–H and O–H groups in total. The minimum absolute atomic E-state index is 0.0363. The first kappa shape index (κ1) is 22.5. The fourth-order valence-electron chi connectivity index (χ4n) is 3.52. The van der Waals surface area contributed by atoms with Crippen LogP contribution in [-0.4, -0.2) is 37.0 Å². The lowest BCUT2D eigenvalue weighted by molar-refractivity contribution is -0.118. The van der Waals surface area contributed by atoms with E-state index in [9.17, 15) is 4.79 Å². The predicted molar refractivity (Wildman–Crippen MR) is 131 cm³/mol. The number of hydrogen-bond donors (Lipinski definition) is 3. The normalized spacial score (nSPS) is 11.2. The molecular weight excluding hydrogens is 408 g/mol. The third-order valence-corrected chi connectivity index (χ3v) is 6.74. The molecule has 0 saturated carbocycles. The number of thioether (sulfide) groups is 1. The largest absolute Gasteiger partial charge is 0.354 e. The third kappa shape index (κ3) is 5.69. The van der Waals surface area contributed by atoms with Gasteiger partial charge in [0.2, 0.25) is 5.91 Å². The van der Waals surface area contributed by atoms with E-state index in [1.165, 1.54) is 16.7 Å². The lowest BCUT2D eigenvalue weighted by Crippen LogP contribution is -2.34. The second-order valence-electron chi connectivity index (χ2n) is 6.89. The molecule has 0 spiro atoms. The smallest absolute Gasteiger partial charge is 0.229 e. The van der Waals surface area contributed by atoms with Crippen molar-refractivity contribution in [3.05, 3.63) is 108 Å². The van der Waals surface area contributed by atoms with Crippen LogP contribution in [0, 0.1) is 0 Å². The summed E-state index contributed by atoms with van der Waals surface area (Å²) in [4.78, 5) is 11.3. The minimum Gasteiger partial charge on any atom is -0.354 e. The van der Waals surface area contributed by atoms with Gasteiger partial charge >= 0.3 is 0 Å². The van der Waals surface area contributed by atoms with E-state index < -0.39 is 0 Å². The molecule has 0 aliphatic carbocycles. The first-order valence-corrected chi connectivity index (χ1v) is 11.8. The van der Waals surface area contributed by atoms with E-state index in [0.717, 1.165) is 18.8 Å². The molecule has 3 nitrogen and oxygen atoms in total. The van der Waals surface area contributed by atoms with E-state index in [0.29, 0.717) is 6.54 Å². The second kappa shape index (κ2) is 11.8. The summed E-state index contributed by atoms with van der Waals surface area (Å²) in [6, 6.07) is 32.1. The summed E-state index contributed by atoms with van der Waals surface area (Å²) in [6.07, 6.45) is 0. The number of hydrogen-bond acceptors (Lipinski definition) is 4. The lowest BCUT2D eigenvalue weighted by Gasteiger charge is -2.35. The van der Waals surface area contributed by atoms with Gasteiger partial charge in [0.05, 0.1) is 10.5 Å². The summed E-state index contributed by atoms with van der Waals surface area (Å²) in [5.74, 6) is 1.12. The number of nitrogens with one attached hydrogen (secondary N) is 2.